The smallest absolute Gasteiger partial charge is 0.329 e. The monoisotopic (exact) mass is 732 g/mol. The lowest BCUT2D eigenvalue weighted by Crippen LogP contribution is -2.61. The average molecular weight is 733 g/mol. The predicted molar refractivity (Wildman–Crippen MR) is 198 cm³/mol. The van der Waals surface area contributed by atoms with Crippen molar-refractivity contribution in [3.05, 3.63) is 63.6 Å². The van der Waals surface area contributed by atoms with Crippen LogP contribution in [0.5, 0.6) is 11.5 Å². The molecule has 1 N–H and O–H groups in total. The Balaban J connectivity index is 1.04. The molecule has 2 aromatic carbocycles. The summed E-state index contributed by atoms with van der Waals surface area (Å²) >= 11 is 0. The molecule has 0 spiro atoms. The molecule has 1 atom stereocenters. The lowest BCUT2D eigenvalue weighted by Gasteiger charge is -2.46. The predicted octanol–water partition coefficient (Wildman–Crippen LogP) is 4.05. The number of hydrogen-bond acceptors (Lipinski definition) is 9. The summed E-state index contributed by atoms with van der Waals surface area (Å²) in [6.07, 6.45) is 2.30. The molecule has 2 aromatic heterocycles. The Kier molecular flexibility index (Phi) is 9.66. The molecular weight excluding hydrogens is 686 g/mol. The lowest BCUT2D eigenvalue weighted by molar-refractivity contribution is -0.129. The van der Waals surface area contributed by atoms with Crippen LogP contribution in [0.15, 0.2) is 41.3 Å². The summed E-state index contributed by atoms with van der Waals surface area (Å²) in [4.78, 5) is 44.2. The number of imide groups is 1. The van der Waals surface area contributed by atoms with E-state index >= 15 is 8.78 Å². The molecule has 13 nitrogen and oxygen atoms in total. The number of benzene rings is 2. The number of nitrogens with one attached hydrogen (secondary N) is 1. The molecule has 0 bridgehead atoms. The standard InChI is InChI=1S/C38H46F2N8O5/c1-23-24(2)36(50)43(3)20-27(23)25-18-30(52-5)28(31(19-25)53-6)21-45-12-10-32(38(39,40)22-45)47-16-14-46(15-17-47)29-9-7-8-26-34(29)44(4)42-35(26)48-13-11-33(49)41-37(48)51/h7-9,18-20,32H,10-17,21-22H2,1-6H3,(H,41,49,51). The molecule has 15 heteroatoms. The molecule has 4 aromatic rings. The van der Waals surface area contributed by atoms with Gasteiger partial charge in [0.25, 0.3) is 11.5 Å². The summed E-state index contributed by atoms with van der Waals surface area (Å²) in [5.74, 6) is -1.69. The Morgan fingerprint density at radius 1 is 0.943 bits per heavy atom. The van der Waals surface area contributed by atoms with E-state index in [4.69, 9.17) is 9.47 Å². The number of likely N-dealkylation sites (tertiary alicyclic amines) is 1. The van der Waals surface area contributed by atoms with Crippen LogP contribution in [0.1, 0.15) is 29.5 Å². The third kappa shape index (κ3) is 6.60. The number of alkyl halides is 2. The molecule has 3 saturated heterocycles. The summed E-state index contributed by atoms with van der Waals surface area (Å²) in [5, 5.41) is 7.79. The molecule has 3 aliphatic heterocycles. The van der Waals surface area contributed by atoms with Crippen LogP contribution in [0.25, 0.3) is 22.0 Å². The second-order valence-corrected chi connectivity index (χ2v) is 14.2. The van der Waals surface area contributed by atoms with Crippen molar-refractivity contribution in [3.8, 4) is 22.6 Å². The fourth-order valence-electron chi connectivity index (χ4n) is 8.16. The van der Waals surface area contributed by atoms with Gasteiger partial charge in [0, 0.05) is 89.0 Å². The number of carbonyl (C=O) groups excluding carboxylic acids is 2. The van der Waals surface area contributed by atoms with E-state index in [9.17, 15) is 14.4 Å². The highest BCUT2D eigenvalue weighted by Gasteiger charge is 2.48. The average Bonchev–Trinajstić information content (AvgIpc) is 3.48. The van der Waals surface area contributed by atoms with Crippen molar-refractivity contribution < 1.29 is 27.8 Å². The molecule has 282 valence electrons. The number of fused-ring (bicyclic) bond motifs is 1. The zero-order valence-corrected chi connectivity index (χ0v) is 31.0. The third-order valence-corrected chi connectivity index (χ3v) is 11.1. The van der Waals surface area contributed by atoms with Gasteiger partial charge in [0.1, 0.15) is 11.5 Å². The first kappa shape index (κ1) is 36.3. The third-order valence-electron chi connectivity index (χ3n) is 11.1. The second kappa shape index (κ2) is 14.1. The van der Waals surface area contributed by atoms with E-state index < -0.39 is 24.5 Å². The number of aromatic nitrogens is 3. The number of aryl methyl sites for hydroxylation is 2. The zero-order chi connectivity index (χ0) is 37.8. The van der Waals surface area contributed by atoms with E-state index in [2.05, 4.69) is 15.3 Å². The molecule has 3 aliphatic rings. The molecule has 5 heterocycles. The van der Waals surface area contributed by atoms with Gasteiger partial charge in [0.15, 0.2) is 5.82 Å². The van der Waals surface area contributed by atoms with Crippen LogP contribution in [0.4, 0.5) is 25.1 Å². The number of para-hydroxylation sites is 1. The van der Waals surface area contributed by atoms with Crippen LogP contribution in [-0.4, -0.2) is 108 Å². The largest absolute Gasteiger partial charge is 0.496 e. The minimum Gasteiger partial charge on any atom is -0.496 e. The van der Waals surface area contributed by atoms with Gasteiger partial charge in [0.2, 0.25) is 5.91 Å². The van der Waals surface area contributed by atoms with E-state index in [0.717, 1.165) is 33.3 Å². The van der Waals surface area contributed by atoms with E-state index in [-0.39, 0.29) is 31.0 Å². The number of urea groups is 1. The first-order valence-electron chi connectivity index (χ1n) is 17.9. The minimum atomic E-state index is -2.95. The van der Waals surface area contributed by atoms with Crippen molar-refractivity contribution in [1.29, 1.82) is 0 Å². The summed E-state index contributed by atoms with van der Waals surface area (Å²) in [6.45, 7) is 6.36. The highest BCUT2D eigenvalue weighted by atomic mass is 19.3. The quantitative estimate of drug-likeness (QED) is 0.287. The van der Waals surface area contributed by atoms with Crippen molar-refractivity contribution in [3.63, 3.8) is 0 Å². The van der Waals surface area contributed by atoms with Gasteiger partial charge in [-0.05, 0) is 55.7 Å². The topological polar surface area (TPSA) is 117 Å². The number of carbonyl (C=O) groups is 2. The van der Waals surface area contributed by atoms with Crippen LogP contribution in [0, 0.1) is 13.8 Å². The highest BCUT2D eigenvalue weighted by molar-refractivity contribution is 6.10. The van der Waals surface area contributed by atoms with Crippen LogP contribution in [-0.2, 0) is 25.4 Å². The second-order valence-electron chi connectivity index (χ2n) is 14.2. The molecule has 7 rings (SSSR count). The van der Waals surface area contributed by atoms with Gasteiger partial charge in [-0.3, -0.25) is 34.3 Å². The van der Waals surface area contributed by atoms with Crippen LogP contribution >= 0.6 is 0 Å². The van der Waals surface area contributed by atoms with Gasteiger partial charge in [-0.2, -0.15) is 5.10 Å². The maximum Gasteiger partial charge on any atom is 0.329 e. The fraction of sp³-hybridized carbons (Fsp3) is 0.474. The molecule has 53 heavy (non-hydrogen) atoms. The molecule has 0 radical (unpaired) electrons. The van der Waals surface area contributed by atoms with E-state index in [0.29, 0.717) is 67.6 Å². The summed E-state index contributed by atoms with van der Waals surface area (Å²) in [7, 11) is 6.66. The van der Waals surface area contributed by atoms with Gasteiger partial charge in [0.05, 0.1) is 43.6 Å². The van der Waals surface area contributed by atoms with E-state index in [1.807, 2.05) is 49.2 Å². The molecule has 3 fully saturated rings. The number of ether oxygens (including phenoxy) is 2. The van der Waals surface area contributed by atoms with E-state index in [1.165, 1.54) is 4.90 Å². The number of rotatable bonds is 8. The van der Waals surface area contributed by atoms with Gasteiger partial charge >= 0.3 is 6.03 Å². The Hall–Kier alpha value is -5.02. The van der Waals surface area contributed by atoms with Gasteiger partial charge in [-0.25, -0.2) is 13.6 Å². The molecule has 3 amide bonds. The molecule has 1 unspecified atom stereocenters. The number of halogens is 2. The number of anilines is 2. The number of amides is 3. The van der Waals surface area contributed by atoms with Crippen LogP contribution in [0.2, 0.25) is 0 Å². The van der Waals surface area contributed by atoms with Crippen molar-refractivity contribution in [2.75, 3.05) is 69.8 Å². The van der Waals surface area contributed by atoms with Crippen LogP contribution in [0.3, 0.4) is 0 Å². The number of nitrogens with zero attached hydrogens (tertiary/aromatic N) is 7. The first-order valence-corrected chi connectivity index (χ1v) is 17.9. The van der Waals surface area contributed by atoms with Crippen molar-refractivity contribution in [2.45, 2.75) is 45.2 Å². The zero-order valence-electron chi connectivity index (χ0n) is 31.0. The van der Waals surface area contributed by atoms with E-state index in [1.54, 1.807) is 48.5 Å². The van der Waals surface area contributed by atoms with Crippen molar-refractivity contribution in [2.24, 2.45) is 14.1 Å². The van der Waals surface area contributed by atoms with Gasteiger partial charge < -0.3 is 18.9 Å². The van der Waals surface area contributed by atoms with Crippen LogP contribution < -0.4 is 30.1 Å². The Bertz CT molecular complexity index is 2120. The number of methoxy groups -OCH3 is 2. The summed E-state index contributed by atoms with van der Waals surface area (Å²) in [6, 6.07) is 8.20. The maximum absolute atomic E-state index is 16.1. The molecule has 0 saturated carbocycles. The Morgan fingerprint density at radius 3 is 2.28 bits per heavy atom. The Morgan fingerprint density at radius 2 is 1.64 bits per heavy atom. The van der Waals surface area contributed by atoms with Crippen molar-refractivity contribution >= 4 is 34.3 Å². The van der Waals surface area contributed by atoms with Gasteiger partial charge in [-0.1, -0.05) is 6.07 Å². The Labute approximate surface area is 306 Å². The normalized spacial score (nSPS) is 19.9. The van der Waals surface area contributed by atoms with Crippen molar-refractivity contribution in [1.82, 2.24) is 29.5 Å². The summed E-state index contributed by atoms with van der Waals surface area (Å²) < 4.78 is 47.0. The molecular formula is C38H46F2N8O5. The minimum absolute atomic E-state index is 0.0593. The maximum atomic E-state index is 16.1. The number of piperazine rings is 1. The van der Waals surface area contributed by atoms with Gasteiger partial charge in [-0.15, -0.1) is 0 Å². The number of hydrogen-bond donors (Lipinski definition) is 1. The first-order chi connectivity index (χ1) is 25.3. The number of piperidine rings is 1. The fourth-order valence-corrected chi connectivity index (χ4v) is 8.16. The number of pyridine rings is 1. The molecule has 0 aliphatic carbocycles. The highest BCUT2D eigenvalue weighted by Crippen LogP contribution is 2.40. The summed E-state index contributed by atoms with van der Waals surface area (Å²) in [5.41, 5.74) is 5.61. The lowest BCUT2D eigenvalue weighted by atomic mass is 9.95. The SMILES string of the molecule is COc1cc(-c2cn(C)c(=O)c(C)c2C)cc(OC)c1CN1CCC(N2CCN(c3cccc4c(N5CCC(=O)NC5=O)nn(C)c34)CC2)C(F)(F)C1.